The van der Waals surface area contributed by atoms with Gasteiger partial charge in [-0.1, -0.05) is 45.2 Å². The number of nitrogens with zero attached hydrogens (tertiary/aromatic N) is 1. The van der Waals surface area contributed by atoms with E-state index >= 15 is 0 Å². The van der Waals surface area contributed by atoms with Crippen molar-refractivity contribution in [3.05, 3.63) is 70.3 Å². The van der Waals surface area contributed by atoms with E-state index in [2.05, 4.69) is 0 Å². The van der Waals surface area contributed by atoms with Gasteiger partial charge in [-0.25, -0.2) is 8.78 Å². The zero-order valence-electron chi connectivity index (χ0n) is 18.9. The van der Waals surface area contributed by atoms with E-state index in [1.54, 1.807) is 6.92 Å². The molecule has 2 aromatic carbocycles. The number of hydrogen-bond acceptors (Lipinski definition) is 2. The van der Waals surface area contributed by atoms with Gasteiger partial charge in [0.1, 0.15) is 11.6 Å². The van der Waals surface area contributed by atoms with Crippen molar-refractivity contribution in [2.24, 2.45) is 5.92 Å². The monoisotopic (exact) mass is 509 g/mol. The van der Waals surface area contributed by atoms with Gasteiger partial charge in [0.25, 0.3) is 11.8 Å². The standard InChI is InChI=1S/C24H23F8NO2/c1-3-5-8-14(4-2)13-33(21(34)15-9-6-11-17(19(15)25)23(27,28)29)22(35)16-10-7-12-18(20(16)26)24(30,31)32/h6-7,9-12,14H,3-5,8,13H2,1-2H3. The van der Waals surface area contributed by atoms with Crippen LogP contribution in [0.1, 0.15) is 71.4 Å². The molecule has 2 aromatic rings. The number of amides is 2. The number of alkyl halides is 6. The van der Waals surface area contributed by atoms with E-state index in [0.717, 1.165) is 30.7 Å². The molecule has 2 rings (SSSR count). The Bertz CT molecular complexity index is 987. The van der Waals surface area contributed by atoms with Crippen LogP contribution in [0.3, 0.4) is 0 Å². The molecule has 192 valence electrons. The topological polar surface area (TPSA) is 37.4 Å². The van der Waals surface area contributed by atoms with Crippen LogP contribution in [-0.2, 0) is 12.4 Å². The van der Waals surface area contributed by atoms with Crippen molar-refractivity contribution in [2.75, 3.05) is 6.54 Å². The minimum absolute atomic E-state index is 0.320. The summed E-state index contributed by atoms with van der Waals surface area (Å²) in [6.07, 6.45) is -8.02. The fraction of sp³-hybridized carbons (Fsp3) is 0.417. The van der Waals surface area contributed by atoms with Crippen LogP contribution in [0.5, 0.6) is 0 Å². The molecule has 1 unspecified atom stereocenters. The van der Waals surface area contributed by atoms with E-state index in [-0.39, 0.29) is 0 Å². The Morgan fingerprint density at radius 2 is 1.23 bits per heavy atom. The van der Waals surface area contributed by atoms with Gasteiger partial charge in [-0.15, -0.1) is 0 Å². The molecule has 0 fully saturated rings. The summed E-state index contributed by atoms with van der Waals surface area (Å²) in [6, 6.07) is 3.79. The van der Waals surface area contributed by atoms with Crippen LogP contribution < -0.4 is 0 Å². The highest BCUT2D eigenvalue weighted by atomic mass is 19.4. The van der Waals surface area contributed by atoms with Crippen LogP contribution in [-0.4, -0.2) is 23.3 Å². The number of imide groups is 1. The summed E-state index contributed by atoms with van der Waals surface area (Å²) in [6.45, 7) is 3.14. The minimum Gasteiger partial charge on any atom is -0.274 e. The Kier molecular flexibility index (Phi) is 9.02. The number of hydrogen-bond donors (Lipinski definition) is 0. The lowest BCUT2D eigenvalue weighted by atomic mass is 9.97. The Labute approximate surface area is 196 Å². The van der Waals surface area contributed by atoms with Crippen LogP contribution in [0.2, 0.25) is 0 Å². The maximum absolute atomic E-state index is 14.7. The molecule has 0 bridgehead atoms. The van der Waals surface area contributed by atoms with Crippen molar-refractivity contribution in [2.45, 2.75) is 51.9 Å². The maximum atomic E-state index is 14.7. The van der Waals surface area contributed by atoms with Gasteiger partial charge >= 0.3 is 12.4 Å². The number of halogens is 8. The van der Waals surface area contributed by atoms with E-state index in [9.17, 15) is 44.7 Å². The van der Waals surface area contributed by atoms with E-state index < -0.39 is 70.5 Å². The molecule has 0 heterocycles. The highest BCUT2D eigenvalue weighted by molar-refractivity contribution is 6.10. The van der Waals surface area contributed by atoms with Gasteiger partial charge in [-0.05, 0) is 36.6 Å². The third-order valence-electron chi connectivity index (χ3n) is 5.54. The van der Waals surface area contributed by atoms with E-state index in [1.807, 2.05) is 6.92 Å². The van der Waals surface area contributed by atoms with Gasteiger partial charge in [0.2, 0.25) is 0 Å². The molecule has 35 heavy (non-hydrogen) atoms. The molecule has 0 aliphatic rings. The summed E-state index contributed by atoms with van der Waals surface area (Å²) in [7, 11) is 0. The first-order chi connectivity index (χ1) is 16.2. The second kappa shape index (κ2) is 11.2. The molecular formula is C24H23F8NO2. The smallest absolute Gasteiger partial charge is 0.274 e. The Hall–Kier alpha value is -2.98. The first-order valence-corrected chi connectivity index (χ1v) is 10.8. The second-order valence-corrected chi connectivity index (χ2v) is 7.97. The number of carbonyl (C=O) groups is 2. The third kappa shape index (κ3) is 6.58. The van der Waals surface area contributed by atoms with Crippen LogP contribution in [0.15, 0.2) is 36.4 Å². The Morgan fingerprint density at radius 3 is 1.57 bits per heavy atom. The SMILES string of the molecule is CCCCC(CC)CN(C(=O)c1cccc(C(F)(F)F)c1F)C(=O)c1cccc(C(F)(F)F)c1F. The number of unbranched alkanes of at least 4 members (excludes halogenated alkanes) is 1. The molecule has 0 saturated heterocycles. The van der Waals surface area contributed by atoms with Gasteiger partial charge in [0.15, 0.2) is 0 Å². The molecule has 3 nitrogen and oxygen atoms in total. The van der Waals surface area contributed by atoms with Gasteiger partial charge < -0.3 is 0 Å². The maximum Gasteiger partial charge on any atom is 0.419 e. The summed E-state index contributed by atoms with van der Waals surface area (Å²) in [5.41, 5.74) is -5.71. The molecule has 0 spiro atoms. The number of rotatable bonds is 8. The largest absolute Gasteiger partial charge is 0.419 e. The zero-order chi connectivity index (χ0) is 26.6. The van der Waals surface area contributed by atoms with Gasteiger partial charge in [0.05, 0.1) is 22.3 Å². The van der Waals surface area contributed by atoms with E-state index in [4.69, 9.17) is 0 Å². The van der Waals surface area contributed by atoms with Crippen molar-refractivity contribution in [3.8, 4) is 0 Å². The predicted octanol–water partition coefficient (Wildman–Crippen LogP) is 7.50. The summed E-state index contributed by atoms with van der Waals surface area (Å²) in [5, 5.41) is 0. The number of benzene rings is 2. The fourth-order valence-electron chi connectivity index (χ4n) is 3.56. The molecule has 1 atom stereocenters. The third-order valence-corrected chi connectivity index (χ3v) is 5.54. The zero-order valence-corrected chi connectivity index (χ0v) is 18.9. The van der Waals surface area contributed by atoms with E-state index in [0.29, 0.717) is 36.3 Å². The summed E-state index contributed by atoms with van der Waals surface area (Å²) in [5.74, 6) is -7.29. The molecule has 11 heteroatoms. The average Bonchev–Trinajstić information content (AvgIpc) is 2.77. The van der Waals surface area contributed by atoms with E-state index in [1.165, 1.54) is 0 Å². The van der Waals surface area contributed by atoms with Gasteiger partial charge in [-0.2, -0.15) is 26.3 Å². The lowest BCUT2D eigenvalue weighted by Crippen LogP contribution is -2.41. The van der Waals surface area contributed by atoms with Crippen LogP contribution in [0, 0.1) is 17.6 Å². The highest BCUT2D eigenvalue weighted by Crippen LogP contribution is 2.34. The fourth-order valence-corrected chi connectivity index (χ4v) is 3.56. The summed E-state index contributed by atoms with van der Waals surface area (Å²) >= 11 is 0. The Morgan fingerprint density at radius 1 is 0.800 bits per heavy atom. The molecule has 0 saturated carbocycles. The van der Waals surface area contributed by atoms with Crippen molar-refractivity contribution >= 4 is 11.8 Å². The van der Waals surface area contributed by atoms with Crippen molar-refractivity contribution in [3.63, 3.8) is 0 Å². The first-order valence-electron chi connectivity index (χ1n) is 10.8. The molecule has 2 amide bonds. The summed E-state index contributed by atoms with van der Waals surface area (Å²) in [4.78, 5) is 26.6. The lowest BCUT2D eigenvalue weighted by Gasteiger charge is -2.27. The van der Waals surface area contributed by atoms with Crippen molar-refractivity contribution in [1.29, 1.82) is 0 Å². The molecule has 0 aromatic heterocycles. The van der Waals surface area contributed by atoms with Crippen molar-refractivity contribution in [1.82, 2.24) is 4.90 Å². The molecular weight excluding hydrogens is 486 g/mol. The normalized spacial score (nSPS) is 13.0. The minimum atomic E-state index is -5.14. The second-order valence-electron chi connectivity index (χ2n) is 7.97. The number of carbonyl (C=O) groups excluding carboxylic acids is 2. The van der Waals surface area contributed by atoms with Gasteiger partial charge in [-0.3, -0.25) is 14.5 Å². The average molecular weight is 509 g/mol. The molecule has 0 N–H and O–H groups in total. The van der Waals surface area contributed by atoms with Crippen LogP contribution >= 0.6 is 0 Å². The van der Waals surface area contributed by atoms with Crippen LogP contribution in [0.25, 0.3) is 0 Å². The first kappa shape index (κ1) is 28.3. The van der Waals surface area contributed by atoms with Crippen molar-refractivity contribution < 1.29 is 44.7 Å². The molecule has 0 aliphatic heterocycles. The van der Waals surface area contributed by atoms with Gasteiger partial charge in [0, 0.05) is 6.54 Å². The quantitative estimate of drug-likeness (QED) is 0.273. The predicted molar refractivity (Wildman–Crippen MR) is 111 cm³/mol. The lowest BCUT2D eigenvalue weighted by molar-refractivity contribution is -0.140. The van der Waals surface area contributed by atoms with Crippen LogP contribution in [0.4, 0.5) is 35.1 Å². The highest BCUT2D eigenvalue weighted by Gasteiger charge is 2.39. The molecule has 0 radical (unpaired) electrons. The molecule has 0 aliphatic carbocycles. The summed E-state index contributed by atoms with van der Waals surface area (Å²) < 4.78 is 108. The Balaban J connectivity index is 2.61.